The number of phenols is 1. The maximum absolute atomic E-state index is 12.5. The SMILES string of the molecule is CCCC1CCCN(C(=O)c2ccc(I)c(O)c2)CC1. The van der Waals surface area contributed by atoms with E-state index in [0.717, 1.165) is 35.4 Å². The van der Waals surface area contributed by atoms with Crippen molar-refractivity contribution in [3.05, 3.63) is 27.3 Å². The minimum absolute atomic E-state index is 0.0499. The molecular formula is C16H22INO2. The smallest absolute Gasteiger partial charge is 0.253 e. The van der Waals surface area contributed by atoms with Crippen molar-refractivity contribution in [2.24, 2.45) is 5.92 Å². The average molecular weight is 387 g/mol. The first kappa shape index (κ1) is 15.6. The molecule has 0 spiro atoms. The lowest BCUT2D eigenvalue weighted by Crippen LogP contribution is -2.32. The number of amides is 1. The highest BCUT2D eigenvalue weighted by Crippen LogP contribution is 2.25. The molecule has 1 heterocycles. The van der Waals surface area contributed by atoms with Crippen molar-refractivity contribution >= 4 is 28.5 Å². The Kier molecular flexibility index (Phi) is 5.69. The van der Waals surface area contributed by atoms with Gasteiger partial charge in [0.2, 0.25) is 0 Å². The fourth-order valence-corrected chi connectivity index (χ4v) is 3.23. The predicted octanol–water partition coefficient (Wildman–Crippen LogP) is 4.04. The van der Waals surface area contributed by atoms with Crippen molar-refractivity contribution in [2.45, 2.75) is 39.0 Å². The molecule has 1 aromatic rings. The number of carbonyl (C=O) groups excluding carboxylic acids is 1. The number of hydrogen-bond donors (Lipinski definition) is 1. The van der Waals surface area contributed by atoms with Crippen LogP contribution in [0, 0.1) is 9.49 Å². The van der Waals surface area contributed by atoms with Crippen molar-refractivity contribution in [1.82, 2.24) is 4.90 Å². The van der Waals surface area contributed by atoms with E-state index in [9.17, 15) is 9.90 Å². The fraction of sp³-hybridized carbons (Fsp3) is 0.562. The number of hydrogen-bond acceptors (Lipinski definition) is 2. The number of benzene rings is 1. The van der Waals surface area contributed by atoms with Crippen LogP contribution in [0.3, 0.4) is 0 Å². The summed E-state index contributed by atoms with van der Waals surface area (Å²) in [5, 5.41) is 9.74. The number of likely N-dealkylation sites (tertiary alicyclic amines) is 1. The van der Waals surface area contributed by atoms with Gasteiger partial charge in [-0.15, -0.1) is 0 Å². The van der Waals surface area contributed by atoms with E-state index in [4.69, 9.17) is 0 Å². The Hall–Kier alpha value is -0.780. The van der Waals surface area contributed by atoms with Crippen LogP contribution in [0.4, 0.5) is 0 Å². The summed E-state index contributed by atoms with van der Waals surface area (Å²) < 4.78 is 0.776. The molecule has 1 aromatic carbocycles. The number of carbonyl (C=O) groups is 1. The van der Waals surface area contributed by atoms with E-state index in [0.29, 0.717) is 5.56 Å². The van der Waals surface area contributed by atoms with Crippen molar-refractivity contribution in [1.29, 1.82) is 0 Å². The number of halogens is 1. The Balaban J connectivity index is 2.03. The molecule has 0 radical (unpaired) electrons. The number of nitrogens with zero attached hydrogens (tertiary/aromatic N) is 1. The maximum Gasteiger partial charge on any atom is 0.253 e. The second-order valence-electron chi connectivity index (χ2n) is 5.54. The van der Waals surface area contributed by atoms with Crippen molar-refractivity contribution in [2.75, 3.05) is 13.1 Å². The lowest BCUT2D eigenvalue weighted by Gasteiger charge is -2.21. The molecule has 1 unspecified atom stereocenters. The lowest BCUT2D eigenvalue weighted by molar-refractivity contribution is 0.0759. The molecule has 20 heavy (non-hydrogen) atoms. The maximum atomic E-state index is 12.5. The Morgan fingerprint density at radius 2 is 2.20 bits per heavy atom. The van der Waals surface area contributed by atoms with Gasteiger partial charge in [0.05, 0.1) is 3.57 Å². The zero-order chi connectivity index (χ0) is 14.5. The predicted molar refractivity (Wildman–Crippen MR) is 89.0 cm³/mol. The first-order valence-corrected chi connectivity index (χ1v) is 8.47. The van der Waals surface area contributed by atoms with Gasteiger partial charge in [-0.25, -0.2) is 0 Å². The molecule has 1 saturated heterocycles. The van der Waals surface area contributed by atoms with Gasteiger partial charge in [0, 0.05) is 18.7 Å². The number of phenolic OH excluding ortho intramolecular Hbond substituents is 1. The van der Waals surface area contributed by atoms with Gasteiger partial charge in [-0.2, -0.15) is 0 Å². The molecule has 0 bridgehead atoms. The zero-order valence-corrected chi connectivity index (χ0v) is 14.1. The van der Waals surface area contributed by atoms with Crippen LogP contribution in [-0.4, -0.2) is 29.0 Å². The lowest BCUT2D eigenvalue weighted by atomic mass is 9.96. The normalized spacial score (nSPS) is 19.7. The van der Waals surface area contributed by atoms with Crippen molar-refractivity contribution in [3.8, 4) is 5.75 Å². The van der Waals surface area contributed by atoms with E-state index in [1.807, 2.05) is 4.90 Å². The summed E-state index contributed by atoms with van der Waals surface area (Å²) in [6, 6.07) is 5.18. The standard InChI is InChI=1S/C16H22INO2/c1-2-4-12-5-3-9-18(10-8-12)16(20)13-6-7-14(17)15(19)11-13/h6-7,11-12,19H,2-5,8-10H2,1H3. The Bertz CT molecular complexity index is 476. The first-order chi connectivity index (χ1) is 9.61. The van der Waals surface area contributed by atoms with Gasteiger partial charge in [-0.1, -0.05) is 19.8 Å². The van der Waals surface area contributed by atoms with Crippen LogP contribution in [0.1, 0.15) is 49.4 Å². The van der Waals surface area contributed by atoms with Gasteiger partial charge in [0.25, 0.3) is 5.91 Å². The van der Waals surface area contributed by atoms with E-state index in [2.05, 4.69) is 29.5 Å². The average Bonchev–Trinajstić information content (AvgIpc) is 2.67. The number of aromatic hydroxyl groups is 1. The minimum Gasteiger partial charge on any atom is -0.507 e. The third-order valence-corrected chi connectivity index (χ3v) is 4.94. The highest BCUT2D eigenvalue weighted by molar-refractivity contribution is 14.1. The third kappa shape index (κ3) is 3.87. The van der Waals surface area contributed by atoms with Crippen molar-refractivity contribution < 1.29 is 9.90 Å². The highest BCUT2D eigenvalue weighted by atomic mass is 127. The van der Waals surface area contributed by atoms with E-state index < -0.39 is 0 Å². The number of rotatable bonds is 3. The molecule has 1 N–H and O–H groups in total. The summed E-state index contributed by atoms with van der Waals surface area (Å²) in [4.78, 5) is 14.4. The van der Waals surface area contributed by atoms with Crippen LogP contribution in [0.2, 0.25) is 0 Å². The molecule has 1 aliphatic heterocycles. The summed E-state index contributed by atoms with van der Waals surface area (Å²) >= 11 is 2.06. The second-order valence-corrected chi connectivity index (χ2v) is 6.71. The molecular weight excluding hydrogens is 365 g/mol. The zero-order valence-electron chi connectivity index (χ0n) is 11.9. The molecule has 0 aliphatic carbocycles. The molecule has 1 atom stereocenters. The molecule has 1 fully saturated rings. The Morgan fingerprint density at radius 1 is 1.40 bits per heavy atom. The van der Waals surface area contributed by atoms with Gasteiger partial charge in [-0.05, 0) is 66.0 Å². The van der Waals surface area contributed by atoms with Crippen LogP contribution < -0.4 is 0 Å². The van der Waals surface area contributed by atoms with Crippen LogP contribution >= 0.6 is 22.6 Å². The van der Waals surface area contributed by atoms with Crippen LogP contribution in [0.25, 0.3) is 0 Å². The monoisotopic (exact) mass is 387 g/mol. The first-order valence-electron chi connectivity index (χ1n) is 7.39. The topological polar surface area (TPSA) is 40.5 Å². The van der Waals surface area contributed by atoms with Gasteiger partial charge in [0.15, 0.2) is 0 Å². The van der Waals surface area contributed by atoms with E-state index >= 15 is 0 Å². The molecule has 110 valence electrons. The largest absolute Gasteiger partial charge is 0.507 e. The van der Waals surface area contributed by atoms with E-state index in [1.165, 1.54) is 19.3 Å². The second kappa shape index (κ2) is 7.29. The molecule has 0 saturated carbocycles. The Labute approximate surface area is 134 Å². The van der Waals surface area contributed by atoms with Gasteiger partial charge >= 0.3 is 0 Å². The summed E-state index contributed by atoms with van der Waals surface area (Å²) in [5.41, 5.74) is 0.594. The molecule has 2 rings (SSSR count). The highest BCUT2D eigenvalue weighted by Gasteiger charge is 2.21. The van der Waals surface area contributed by atoms with E-state index in [-0.39, 0.29) is 11.7 Å². The summed E-state index contributed by atoms with van der Waals surface area (Å²) in [6.45, 7) is 3.91. The summed E-state index contributed by atoms with van der Waals surface area (Å²) in [7, 11) is 0. The molecule has 0 aromatic heterocycles. The molecule has 3 nitrogen and oxygen atoms in total. The third-order valence-electron chi connectivity index (χ3n) is 4.02. The molecule has 1 amide bonds. The van der Waals surface area contributed by atoms with Crippen LogP contribution in [-0.2, 0) is 0 Å². The Morgan fingerprint density at radius 3 is 2.90 bits per heavy atom. The van der Waals surface area contributed by atoms with Crippen LogP contribution in [0.15, 0.2) is 18.2 Å². The van der Waals surface area contributed by atoms with Crippen molar-refractivity contribution in [3.63, 3.8) is 0 Å². The fourth-order valence-electron chi connectivity index (χ4n) is 2.89. The van der Waals surface area contributed by atoms with E-state index in [1.54, 1.807) is 18.2 Å². The van der Waals surface area contributed by atoms with Gasteiger partial charge in [0.1, 0.15) is 5.75 Å². The minimum atomic E-state index is 0.0499. The quantitative estimate of drug-likeness (QED) is 0.796. The van der Waals surface area contributed by atoms with Gasteiger partial charge < -0.3 is 10.0 Å². The van der Waals surface area contributed by atoms with Crippen LogP contribution in [0.5, 0.6) is 5.75 Å². The van der Waals surface area contributed by atoms with Gasteiger partial charge in [-0.3, -0.25) is 4.79 Å². The summed E-state index contributed by atoms with van der Waals surface area (Å²) in [5.74, 6) is 1.01. The summed E-state index contributed by atoms with van der Waals surface area (Å²) in [6.07, 6.45) is 5.92. The molecule has 1 aliphatic rings. The molecule has 4 heteroatoms.